The molecule has 1 N–H and O–H groups in total. The summed E-state index contributed by atoms with van der Waals surface area (Å²) in [5.74, 6) is 0.134. The van der Waals surface area contributed by atoms with Gasteiger partial charge in [-0.3, -0.25) is 9.48 Å². The van der Waals surface area contributed by atoms with Crippen molar-refractivity contribution >= 4 is 11.6 Å². The zero-order valence-corrected chi connectivity index (χ0v) is 18.2. The summed E-state index contributed by atoms with van der Waals surface area (Å²) in [5, 5.41) is 12.0. The number of carbonyl (C=O) groups excluding carboxylic acids is 1. The Labute approximate surface area is 178 Å². The summed E-state index contributed by atoms with van der Waals surface area (Å²) in [6.45, 7) is 6.61. The molecule has 0 bridgehead atoms. The zero-order chi connectivity index (χ0) is 21.1. The van der Waals surface area contributed by atoms with Gasteiger partial charge in [-0.05, 0) is 44.7 Å². The molecule has 1 saturated carbocycles. The smallest absolute Gasteiger partial charge is 0.269 e. The maximum absolute atomic E-state index is 12.9. The van der Waals surface area contributed by atoms with Gasteiger partial charge in [0.05, 0.1) is 24.0 Å². The van der Waals surface area contributed by atoms with Gasteiger partial charge in [0.2, 0.25) is 0 Å². The van der Waals surface area contributed by atoms with E-state index in [0.717, 1.165) is 37.1 Å². The quantitative estimate of drug-likeness (QED) is 0.740. The maximum atomic E-state index is 12.9. The van der Waals surface area contributed by atoms with Gasteiger partial charge >= 0.3 is 0 Å². The first-order valence-corrected chi connectivity index (χ1v) is 11.2. The summed E-state index contributed by atoms with van der Waals surface area (Å²) >= 11 is 0. The first-order chi connectivity index (χ1) is 14.5. The first kappa shape index (κ1) is 20.6. The largest absolute Gasteiger partial charge is 0.391 e. The first-order valence-electron chi connectivity index (χ1n) is 11.2. The molecule has 2 unspecified atom stereocenters. The van der Waals surface area contributed by atoms with E-state index in [-0.39, 0.29) is 17.9 Å². The SMILES string of the molecule is CCC1C(CNC(=O)c2cc(C)nn2C2CCCC2)=NOC1Cc1cccc(C)c1. The van der Waals surface area contributed by atoms with Crippen molar-refractivity contribution in [2.45, 2.75) is 71.4 Å². The van der Waals surface area contributed by atoms with E-state index in [2.05, 4.69) is 53.7 Å². The van der Waals surface area contributed by atoms with E-state index < -0.39 is 0 Å². The molecule has 1 aliphatic heterocycles. The van der Waals surface area contributed by atoms with E-state index in [1.165, 1.54) is 24.0 Å². The van der Waals surface area contributed by atoms with Gasteiger partial charge < -0.3 is 10.2 Å². The Bertz CT molecular complexity index is 927. The minimum absolute atomic E-state index is 0.0231. The fraction of sp³-hybridized carbons (Fsp3) is 0.542. The van der Waals surface area contributed by atoms with E-state index >= 15 is 0 Å². The number of amides is 1. The van der Waals surface area contributed by atoms with Crippen LogP contribution in [-0.4, -0.2) is 34.0 Å². The van der Waals surface area contributed by atoms with Crippen molar-refractivity contribution in [1.82, 2.24) is 15.1 Å². The van der Waals surface area contributed by atoms with Crippen LogP contribution in [0.25, 0.3) is 0 Å². The van der Waals surface area contributed by atoms with Crippen LogP contribution in [0, 0.1) is 19.8 Å². The summed E-state index contributed by atoms with van der Waals surface area (Å²) in [5.41, 5.74) is 4.98. The third-order valence-electron chi connectivity index (χ3n) is 6.33. The zero-order valence-electron chi connectivity index (χ0n) is 18.2. The van der Waals surface area contributed by atoms with E-state index in [1.54, 1.807) is 0 Å². The predicted molar refractivity (Wildman–Crippen MR) is 118 cm³/mol. The summed E-state index contributed by atoms with van der Waals surface area (Å²) in [7, 11) is 0. The third kappa shape index (κ3) is 4.42. The van der Waals surface area contributed by atoms with Crippen LogP contribution in [0.1, 0.15) is 72.4 Å². The minimum Gasteiger partial charge on any atom is -0.391 e. The highest BCUT2D eigenvalue weighted by Gasteiger charge is 2.33. The number of oxime groups is 1. The molecular formula is C24H32N4O2. The van der Waals surface area contributed by atoms with E-state index in [1.807, 2.05) is 17.7 Å². The van der Waals surface area contributed by atoms with Crippen LogP contribution in [0.3, 0.4) is 0 Å². The lowest BCUT2D eigenvalue weighted by Crippen LogP contribution is -2.36. The molecule has 2 atom stereocenters. The molecule has 6 nitrogen and oxygen atoms in total. The number of hydrogen-bond acceptors (Lipinski definition) is 4. The van der Waals surface area contributed by atoms with E-state index in [0.29, 0.717) is 18.3 Å². The summed E-state index contributed by atoms with van der Waals surface area (Å²) in [6, 6.07) is 10.7. The van der Waals surface area contributed by atoms with E-state index in [4.69, 9.17) is 4.84 Å². The second kappa shape index (κ2) is 9.02. The molecule has 4 rings (SSSR count). The molecule has 1 aromatic heterocycles. The van der Waals surface area contributed by atoms with Crippen LogP contribution < -0.4 is 5.32 Å². The molecule has 1 aromatic carbocycles. The van der Waals surface area contributed by atoms with Crippen LogP contribution in [0.5, 0.6) is 0 Å². The average molecular weight is 409 g/mol. The Morgan fingerprint density at radius 2 is 2.03 bits per heavy atom. The third-order valence-corrected chi connectivity index (χ3v) is 6.33. The fourth-order valence-electron chi connectivity index (χ4n) is 4.78. The Morgan fingerprint density at radius 3 is 2.77 bits per heavy atom. The topological polar surface area (TPSA) is 68.5 Å². The van der Waals surface area contributed by atoms with Crippen LogP contribution in [0.2, 0.25) is 0 Å². The standard InChI is InChI=1S/C24H32N4O2/c1-4-20-21(27-30-23(20)14-18-9-7-8-16(2)12-18)15-25-24(29)22-13-17(3)26-28(22)19-10-5-6-11-19/h7-9,12-13,19-20,23H,4-6,10-11,14-15H2,1-3H3,(H,25,29). The molecule has 1 fully saturated rings. The molecule has 1 aliphatic carbocycles. The number of benzene rings is 1. The Kier molecular flexibility index (Phi) is 6.21. The van der Waals surface area contributed by atoms with Crippen molar-refractivity contribution < 1.29 is 9.63 Å². The molecule has 2 heterocycles. The second-order valence-corrected chi connectivity index (χ2v) is 8.67. The van der Waals surface area contributed by atoms with Crippen LogP contribution in [-0.2, 0) is 11.3 Å². The van der Waals surface area contributed by atoms with E-state index in [9.17, 15) is 4.79 Å². The average Bonchev–Trinajstić information content (AvgIpc) is 3.45. The number of aryl methyl sites for hydroxylation is 2. The van der Waals surface area contributed by atoms with Crippen molar-refractivity contribution in [3.63, 3.8) is 0 Å². The molecule has 0 spiro atoms. The van der Waals surface area contributed by atoms with Gasteiger partial charge in [0.25, 0.3) is 5.91 Å². The normalized spacial score (nSPS) is 21.5. The molecule has 30 heavy (non-hydrogen) atoms. The Balaban J connectivity index is 1.38. The van der Waals surface area contributed by atoms with Crippen molar-refractivity contribution in [2.75, 3.05) is 6.54 Å². The molecule has 160 valence electrons. The van der Waals surface area contributed by atoms with Gasteiger partial charge in [0, 0.05) is 12.3 Å². The molecule has 6 heteroatoms. The lowest BCUT2D eigenvalue weighted by molar-refractivity contribution is 0.0614. The number of hydrogen-bond donors (Lipinski definition) is 1. The molecule has 1 amide bonds. The molecular weight excluding hydrogens is 376 g/mol. The van der Waals surface area contributed by atoms with Crippen molar-refractivity contribution in [3.05, 3.63) is 52.8 Å². The highest BCUT2D eigenvalue weighted by atomic mass is 16.6. The number of nitrogens with zero attached hydrogens (tertiary/aromatic N) is 3. The van der Waals surface area contributed by atoms with Gasteiger partial charge in [-0.15, -0.1) is 0 Å². The molecule has 2 aromatic rings. The maximum Gasteiger partial charge on any atom is 0.269 e. The minimum atomic E-state index is -0.0813. The Morgan fingerprint density at radius 1 is 1.23 bits per heavy atom. The number of rotatable bonds is 7. The highest BCUT2D eigenvalue weighted by molar-refractivity contribution is 5.97. The number of aromatic nitrogens is 2. The number of carbonyl (C=O) groups is 1. The summed E-state index contributed by atoms with van der Waals surface area (Å²) in [4.78, 5) is 18.7. The monoisotopic (exact) mass is 408 g/mol. The van der Waals surface area contributed by atoms with Gasteiger partial charge in [0.15, 0.2) is 0 Å². The second-order valence-electron chi connectivity index (χ2n) is 8.67. The van der Waals surface area contributed by atoms with Gasteiger partial charge in [-0.1, -0.05) is 54.8 Å². The van der Waals surface area contributed by atoms with Crippen molar-refractivity contribution in [3.8, 4) is 0 Å². The lowest BCUT2D eigenvalue weighted by Gasteiger charge is -2.18. The highest BCUT2D eigenvalue weighted by Crippen LogP contribution is 2.30. The van der Waals surface area contributed by atoms with Crippen molar-refractivity contribution in [2.24, 2.45) is 11.1 Å². The summed E-state index contributed by atoms with van der Waals surface area (Å²) in [6.07, 6.45) is 6.40. The fourth-order valence-corrected chi connectivity index (χ4v) is 4.78. The van der Waals surface area contributed by atoms with Gasteiger partial charge in [-0.25, -0.2) is 0 Å². The Hall–Kier alpha value is -2.63. The van der Waals surface area contributed by atoms with Crippen molar-refractivity contribution in [1.29, 1.82) is 0 Å². The lowest BCUT2D eigenvalue weighted by atomic mass is 9.90. The van der Waals surface area contributed by atoms with Gasteiger partial charge in [0.1, 0.15) is 11.8 Å². The van der Waals surface area contributed by atoms with Crippen LogP contribution >= 0.6 is 0 Å². The molecule has 0 saturated heterocycles. The molecule has 0 radical (unpaired) electrons. The van der Waals surface area contributed by atoms with Gasteiger partial charge in [-0.2, -0.15) is 5.10 Å². The summed E-state index contributed by atoms with van der Waals surface area (Å²) < 4.78 is 1.93. The number of nitrogens with one attached hydrogen (secondary N) is 1. The molecule has 2 aliphatic rings. The predicted octanol–water partition coefficient (Wildman–Crippen LogP) is 4.37. The van der Waals surface area contributed by atoms with Crippen LogP contribution in [0.4, 0.5) is 0 Å². The van der Waals surface area contributed by atoms with Crippen LogP contribution in [0.15, 0.2) is 35.5 Å².